The van der Waals surface area contributed by atoms with Gasteiger partial charge in [0.05, 0.1) is 11.8 Å². The third-order valence-corrected chi connectivity index (χ3v) is 5.10. The van der Waals surface area contributed by atoms with E-state index in [0.717, 1.165) is 10.1 Å². The maximum Gasteiger partial charge on any atom is 0.330 e. The number of imidazole rings is 1. The van der Waals surface area contributed by atoms with Crippen LogP contribution in [0.2, 0.25) is 5.02 Å². The third-order valence-electron chi connectivity index (χ3n) is 4.85. The van der Waals surface area contributed by atoms with Crippen LogP contribution < -0.4 is 11.2 Å². The molecule has 0 aliphatic carbocycles. The largest absolute Gasteiger partial charge is 0.334 e. The highest BCUT2D eigenvalue weighted by molar-refractivity contribution is 6.30. The maximum absolute atomic E-state index is 12.6. The van der Waals surface area contributed by atoms with E-state index in [2.05, 4.69) is 30.2 Å². The zero-order valence-corrected chi connectivity index (χ0v) is 21.6. The second kappa shape index (κ2) is 12.1. The van der Waals surface area contributed by atoms with E-state index in [1.165, 1.54) is 0 Å². The Morgan fingerprint density at radius 3 is 2.42 bits per heavy atom. The number of nitrogens with zero attached hydrogens (tertiary/aromatic N) is 6. The molecule has 0 aliphatic heterocycles. The van der Waals surface area contributed by atoms with Gasteiger partial charge in [-0.2, -0.15) is 10.1 Å². The number of rotatable bonds is 6. The number of benzene rings is 1. The fraction of sp³-hybridized carbons (Fsp3) is 0.333. The first-order valence-electron chi connectivity index (χ1n) is 11.9. The number of halogens is 1. The molecule has 11 nitrogen and oxygen atoms in total. The highest BCUT2D eigenvalue weighted by Crippen LogP contribution is 2.20. The fourth-order valence-corrected chi connectivity index (χ4v) is 3.45. The SMILES string of the molecule is CC.CC.CCCn1c(=O)[nH]c2nc(-c3cnn(Cc4noc(-c5ccc(Cl)cc5)n4)c3)[nH]c2c1=O. The molecule has 0 aliphatic rings. The molecule has 4 heterocycles. The van der Waals surface area contributed by atoms with Gasteiger partial charge in [0.15, 0.2) is 11.5 Å². The summed E-state index contributed by atoms with van der Waals surface area (Å²) in [5.41, 5.74) is 0.974. The smallest absolute Gasteiger partial charge is 0.330 e. The van der Waals surface area contributed by atoms with Crippen molar-refractivity contribution in [2.45, 2.75) is 54.1 Å². The maximum atomic E-state index is 12.6. The van der Waals surface area contributed by atoms with Gasteiger partial charge in [0, 0.05) is 23.3 Å². The van der Waals surface area contributed by atoms with Crippen LogP contribution in [-0.4, -0.2) is 39.4 Å². The van der Waals surface area contributed by atoms with Crippen molar-refractivity contribution < 1.29 is 4.52 Å². The Balaban J connectivity index is 0.000000861. The number of hydrogen-bond donors (Lipinski definition) is 2. The standard InChI is InChI=1S/C20H17ClN8O3.2C2H6/c1-2-7-29-19(30)15-17(26-20(29)31)25-16(24-15)12-8-22-28(9-12)10-14-23-18(32-27-14)11-3-5-13(21)6-4-11;2*1-2/h3-6,8-9H,2,7,10H2,1H3,(H,24,25)(H,26,31);2*1-2H3. The Kier molecular flexibility index (Phi) is 8.96. The van der Waals surface area contributed by atoms with E-state index in [4.69, 9.17) is 16.1 Å². The van der Waals surface area contributed by atoms with Gasteiger partial charge in [-0.3, -0.25) is 19.0 Å². The molecule has 0 spiro atoms. The van der Waals surface area contributed by atoms with Crippen molar-refractivity contribution in [3.63, 3.8) is 0 Å². The molecule has 0 saturated carbocycles. The summed E-state index contributed by atoms with van der Waals surface area (Å²) < 4.78 is 8.09. The Bertz CT molecular complexity index is 1530. The summed E-state index contributed by atoms with van der Waals surface area (Å²) in [6.07, 6.45) is 4.00. The second-order valence-electron chi connectivity index (χ2n) is 7.15. The van der Waals surface area contributed by atoms with Gasteiger partial charge in [-0.15, -0.1) is 0 Å². The van der Waals surface area contributed by atoms with E-state index < -0.39 is 11.2 Å². The number of aromatic nitrogens is 8. The van der Waals surface area contributed by atoms with Gasteiger partial charge in [0.1, 0.15) is 17.9 Å². The highest BCUT2D eigenvalue weighted by Gasteiger charge is 2.15. The lowest BCUT2D eigenvalue weighted by atomic mass is 10.2. The van der Waals surface area contributed by atoms with Gasteiger partial charge in [-0.1, -0.05) is 51.4 Å². The molecule has 0 atom stereocenters. The molecule has 0 saturated heterocycles. The minimum absolute atomic E-state index is 0.209. The summed E-state index contributed by atoms with van der Waals surface area (Å²) >= 11 is 5.91. The predicted octanol–water partition coefficient (Wildman–Crippen LogP) is 4.49. The molecule has 0 fully saturated rings. The molecule has 190 valence electrons. The summed E-state index contributed by atoms with van der Waals surface area (Å²) in [6, 6.07) is 7.09. The molecule has 1 aromatic carbocycles. The van der Waals surface area contributed by atoms with E-state index in [1.54, 1.807) is 41.3 Å². The Labute approximate surface area is 212 Å². The lowest BCUT2D eigenvalue weighted by Crippen LogP contribution is -2.34. The van der Waals surface area contributed by atoms with Crippen molar-refractivity contribution in [3.8, 4) is 22.8 Å². The summed E-state index contributed by atoms with van der Waals surface area (Å²) in [6.45, 7) is 10.5. The topological polar surface area (TPSA) is 140 Å². The zero-order chi connectivity index (χ0) is 26.2. The van der Waals surface area contributed by atoms with Gasteiger partial charge in [-0.05, 0) is 30.7 Å². The van der Waals surface area contributed by atoms with Crippen LogP contribution in [0.25, 0.3) is 34.0 Å². The van der Waals surface area contributed by atoms with E-state index in [1.807, 2.05) is 34.6 Å². The number of nitrogens with one attached hydrogen (secondary N) is 2. The van der Waals surface area contributed by atoms with Crippen molar-refractivity contribution in [3.05, 3.63) is 68.3 Å². The number of hydrogen-bond acceptors (Lipinski definition) is 7. The number of aromatic amines is 2. The van der Waals surface area contributed by atoms with E-state index in [0.29, 0.717) is 41.1 Å². The molecular weight excluding hydrogens is 484 g/mol. The van der Waals surface area contributed by atoms with Gasteiger partial charge in [-0.25, -0.2) is 9.78 Å². The highest BCUT2D eigenvalue weighted by atomic mass is 35.5. The lowest BCUT2D eigenvalue weighted by molar-refractivity contribution is 0.419. The molecule has 36 heavy (non-hydrogen) atoms. The van der Waals surface area contributed by atoms with E-state index >= 15 is 0 Å². The van der Waals surface area contributed by atoms with Crippen molar-refractivity contribution in [1.82, 2.24) is 39.4 Å². The van der Waals surface area contributed by atoms with Gasteiger partial charge in [0.2, 0.25) is 0 Å². The van der Waals surface area contributed by atoms with E-state index in [-0.39, 0.29) is 17.7 Å². The molecule has 12 heteroatoms. The Hall–Kier alpha value is -3.99. The van der Waals surface area contributed by atoms with Crippen LogP contribution in [0.5, 0.6) is 0 Å². The predicted molar refractivity (Wildman–Crippen MR) is 139 cm³/mol. The molecule has 5 aromatic rings. The van der Waals surface area contributed by atoms with Crippen LogP contribution in [0.15, 0.2) is 50.8 Å². The molecule has 0 unspecified atom stereocenters. The molecule has 0 bridgehead atoms. The average molecular weight is 513 g/mol. The van der Waals surface area contributed by atoms with Crippen molar-refractivity contribution >= 4 is 22.8 Å². The minimum Gasteiger partial charge on any atom is -0.334 e. The molecule has 0 radical (unpaired) electrons. The van der Waals surface area contributed by atoms with Crippen LogP contribution in [0, 0.1) is 0 Å². The van der Waals surface area contributed by atoms with Crippen LogP contribution in [0.3, 0.4) is 0 Å². The van der Waals surface area contributed by atoms with Crippen molar-refractivity contribution in [2.75, 3.05) is 0 Å². The monoisotopic (exact) mass is 512 g/mol. The second-order valence-corrected chi connectivity index (χ2v) is 7.58. The van der Waals surface area contributed by atoms with Gasteiger partial charge in [0.25, 0.3) is 11.4 Å². The first-order valence-corrected chi connectivity index (χ1v) is 12.2. The minimum atomic E-state index is -0.480. The third kappa shape index (κ3) is 5.62. The Morgan fingerprint density at radius 1 is 1.00 bits per heavy atom. The normalized spacial score (nSPS) is 10.5. The van der Waals surface area contributed by atoms with Crippen molar-refractivity contribution in [1.29, 1.82) is 0 Å². The lowest BCUT2D eigenvalue weighted by Gasteiger charge is -2.00. The van der Waals surface area contributed by atoms with Crippen molar-refractivity contribution in [2.24, 2.45) is 0 Å². The Morgan fingerprint density at radius 2 is 1.72 bits per heavy atom. The van der Waals surface area contributed by atoms with E-state index in [9.17, 15) is 9.59 Å². The summed E-state index contributed by atoms with van der Waals surface area (Å²) in [5, 5.41) is 8.91. The fourth-order valence-electron chi connectivity index (χ4n) is 3.32. The van der Waals surface area contributed by atoms with Crippen LogP contribution in [0.4, 0.5) is 0 Å². The van der Waals surface area contributed by atoms with Gasteiger partial charge >= 0.3 is 5.69 Å². The molecule has 4 aromatic heterocycles. The van der Waals surface area contributed by atoms with Crippen LogP contribution in [-0.2, 0) is 13.1 Å². The molecule has 0 amide bonds. The van der Waals surface area contributed by atoms with Gasteiger partial charge < -0.3 is 9.51 Å². The summed E-state index contributed by atoms with van der Waals surface area (Å²) in [4.78, 5) is 39.1. The summed E-state index contributed by atoms with van der Waals surface area (Å²) in [7, 11) is 0. The first-order chi connectivity index (χ1) is 17.5. The molecule has 2 N–H and O–H groups in total. The average Bonchev–Trinajstić information content (AvgIpc) is 3.65. The van der Waals surface area contributed by atoms with Crippen LogP contribution in [0.1, 0.15) is 46.9 Å². The number of H-pyrrole nitrogens is 2. The molecule has 5 rings (SSSR count). The van der Waals surface area contributed by atoms with Crippen LogP contribution >= 0.6 is 11.6 Å². The summed E-state index contributed by atoms with van der Waals surface area (Å²) in [5.74, 6) is 1.25. The zero-order valence-electron chi connectivity index (χ0n) is 20.9. The first kappa shape index (κ1) is 26.6. The number of fused-ring (bicyclic) bond motifs is 1. The molecular formula is C24H29ClN8O3. The quantitative estimate of drug-likeness (QED) is 0.341.